The minimum atomic E-state index is -0.177. The van der Waals surface area contributed by atoms with Gasteiger partial charge in [0.15, 0.2) is 0 Å². The normalized spacial score (nSPS) is 10.5. The molecule has 2 aromatic rings. The first-order chi connectivity index (χ1) is 9.60. The molecule has 106 valence electrons. The van der Waals surface area contributed by atoms with Gasteiger partial charge >= 0.3 is 0 Å². The quantitative estimate of drug-likeness (QED) is 0.908. The smallest absolute Gasteiger partial charge is 0.250 e. The molecule has 0 fully saturated rings. The number of carbonyl (C=O) groups is 1. The van der Waals surface area contributed by atoms with E-state index in [4.69, 9.17) is 0 Å². The monoisotopic (exact) mass is 291 g/mol. The van der Waals surface area contributed by atoms with Crippen LogP contribution in [-0.2, 0) is 24.3 Å². The van der Waals surface area contributed by atoms with Crippen LogP contribution in [0.15, 0.2) is 29.2 Å². The molecule has 5 nitrogen and oxygen atoms in total. The molecule has 2 rings (SSSR count). The number of nitrogens with zero attached hydrogens (tertiary/aromatic N) is 2. The molecule has 20 heavy (non-hydrogen) atoms. The second-order valence-electron chi connectivity index (χ2n) is 4.41. The van der Waals surface area contributed by atoms with Crippen molar-refractivity contribution in [2.24, 2.45) is 0 Å². The molecule has 0 bridgehead atoms. The Morgan fingerprint density at radius 1 is 1.45 bits per heavy atom. The van der Waals surface area contributed by atoms with E-state index in [1.54, 1.807) is 29.7 Å². The fraction of sp³-hybridized carbons (Fsp3) is 0.357. The molecule has 1 N–H and O–H groups in total. The standard InChI is InChI=1S/C14H17N3O2S/c1-3-13-16-10(2)11(20-13)8-15-12(18)9-17-7-5-4-6-14(17)19/h4-7H,3,8-9H2,1-2H3,(H,15,18). The first-order valence-electron chi connectivity index (χ1n) is 6.47. The largest absolute Gasteiger partial charge is 0.350 e. The average molecular weight is 291 g/mol. The van der Waals surface area contributed by atoms with Crippen molar-refractivity contribution >= 4 is 17.2 Å². The molecule has 0 aliphatic carbocycles. The molecule has 0 saturated carbocycles. The zero-order valence-electron chi connectivity index (χ0n) is 11.5. The lowest BCUT2D eigenvalue weighted by Gasteiger charge is -2.06. The highest BCUT2D eigenvalue weighted by molar-refractivity contribution is 7.11. The number of aryl methyl sites for hydroxylation is 2. The zero-order valence-corrected chi connectivity index (χ0v) is 12.4. The van der Waals surface area contributed by atoms with Crippen molar-refractivity contribution in [1.82, 2.24) is 14.9 Å². The van der Waals surface area contributed by atoms with Crippen LogP contribution in [0.25, 0.3) is 0 Å². The summed E-state index contributed by atoms with van der Waals surface area (Å²) >= 11 is 1.62. The lowest BCUT2D eigenvalue weighted by Crippen LogP contribution is -2.31. The van der Waals surface area contributed by atoms with Crippen LogP contribution in [0.4, 0.5) is 0 Å². The van der Waals surface area contributed by atoms with Crippen LogP contribution >= 0.6 is 11.3 Å². The zero-order chi connectivity index (χ0) is 14.5. The highest BCUT2D eigenvalue weighted by atomic mass is 32.1. The van der Waals surface area contributed by atoms with Crippen LogP contribution in [0.5, 0.6) is 0 Å². The third kappa shape index (κ3) is 3.54. The lowest BCUT2D eigenvalue weighted by atomic mass is 10.4. The van der Waals surface area contributed by atoms with Crippen LogP contribution in [0.1, 0.15) is 22.5 Å². The molecule has 0 atom stereocenters. The Balaban J connectivity index is 1.94. The third-order valence-corrected chi connectivity index (χ3v) is 4.20. The van der Waals surface area contributed by atoms with Gasteiger partial charge in [0.25, 0.3) is 5.56 Å². The van der Waals surface area contributed by atoms with Crippen molar-refractivity contribution in [1.29, 1.82) is 0 Å². The van der Waals surface area contributed by atoms with E-state index in [-0.39, 0.29) is 18.0 Å². The van der Waals surface area contributed by atoms with Crippen LogP contribution < -0.4 is 10.9 Å². The van der Waals surface area contributed by atoms with E-state index in [9.17, 15) is 9.59 Å². The molecule has 0 aliphatic rings. The van der Waals surface area contributed by atoms with E-state index in [2.05, 4.69) is 17.2 Å². The number of pyridine rings is 1. The molecule has 0 unspecified atom stereocenters. The molecule has 0 saturated heterocycles. The number of nitrogens with one attached hydrogen (secondary N) is 1. The predicted molar refractivity (Wildman–Crippen MR) is 78.8 cm³/mol. The van der Waals surface area contributed by atoms with Gasteiger partial charge in [-0.15, -0.1) is 11.3 Å². The summed E-state index contributed by atoms with van der Waals surface area (Å²) in [6.07, 6.45) is 2.51. The second-order valence-corrected chi connectivity index (χ2v) is 5.58. The van der Waals surface area contributed by atoms with E-state index in [0.717, 1.165) is 22.0 Å². The molecule has 0 aliphatic heterocycles. The molecular weight excluding hydrogens is 274 g/mol. The van der Waals surface area contributed by atoms with Gasteiger partial charge in [-0.3, -0.25) is 9.59 Å². The first kappa shape index (κ1) is 14.5. The SMILES string of the molecule is CCc1nc(C)c(CNC(=O)Cn2ccccc2=O)s1. The number of aromatic nitrogens is 2. The first-order valence-corrected chi connectivity index (χ1v) is 7.29. The van der Waals surface area contributed by atoms with Crippen molar-refractivity contribution in [3.05, 3.63) is 50.3 Å². The highest BCUT2D eigenvalue weighted by Crippen LogP contribution is 2.17. The molecule has 0 spiro atoms. The molecule has 0 aromatic carbocycles. The molecule has 2 aromatic heterocycles. The van der Waals surface area contributed by atoms with Gasteiger partial charge in [-0.25, -0.2) is 4.98 Å². The number of hydrogen-bond donors (Lipinski definition) is 1. The minimum absolute atomic E-state index is 0.0398. The van der Waals surface area contributed by atoms with Crippen LogP contribution in [0, 0.1) is 6.92 Å². The Bertz CT molecular complexity index is 660. The molecule has 1 amide bonds. The summed E-state index contributed by atoms with van der Waals surface area (Å²) < 4.78 is 1.38. The number of hydrogen-bond acceptors (Lipinski definition) is 4. The maximum Gasteiger partial charge on any atom is 0.250 e. The van der Waals surface area contributed by atoms with E-state index in [1.807, 2.05) is 6.92 Å². The van der Waals surface area contributed by atoms with Gasteiger partial charge in [0, 0.05) is 17.1 Å². The Kier molecular flexibility index (Phi) is 4.68. The summed E-state index contributed by atoms with van der Waals surface area (Å²) in [4.78, 5) is 28.8. The fourth-order valence-electron chi connectivity index (χ4n) is 1.78. The second kappa shape index (κ2) is 6.47. The van der Waals surface area contributed by atoms with E-state index in [0.29, 0.717) is 6.54 Å². The molecule has 6 heteroatoms. The van der Waals surface area contributed by atoms with Crippen molar-refractivity contribution in [3.63, 3.8) is 0 Å². The summed E-state index contributed by atoms with van der Waals surface area (Å²) in [7, 11) is 0. The van der Waals surface area contributed by atoms with E-state index >= 15 is 0 Å². The van der Waals surface area contributed by atoms with E-state index < -0.39 is 0 Å². The summed E-state index contributed by atoms with van der Waals surface area (Å²) in [5.74, 6) is -0.177. The Morgan fingerprint density at radius 3 is 2.90 bits per heavy atom. The van der Waals surface area contributed by atoms with Gasteiger partial charge in [-0.05, 0) is 19.4 Å². The van der Waals surface area contributed by atoms with Crippen molar-refractivity contribution in [3.8, 4) is 0 Å². The molecular formula is C14H17N3O2S. The Hall–Kier alpha value is -1.95. The minimum Gasteiger partial charge on any atom is -0.350 e. The van der Waals surface area contributed by atoms with Gasteiger partial charge in [-0.2, -0.15) is 0 Å². The predicted octanol–water partition coefficient (Wildman–Crippen LogP) is 1.49. The van der Waals surface area contributed by atoms with Crippen LogP contribution in [0.3, 0.4) is 0 Å². The van der Waals surface area contributed by atoms with Gasteiger partial charge in [-0.1, -0.05) is 13.0 Å². The van der Waals surface area contributed by atoms with Gasteiger partial charge in [0.1, 0.15) is 6.54 Å². The molecule has 0 radical (unpaired) electrons. The Labute approximate surface area is 121 Å². The number of amides is 1. The number of rotatable bonds is 5. The summed E-state index contributed by atoms with van der Waals surface area (Å²) in [6, 6.07) is 4.83. The maximum atomic E-state index is 11.8. The van der Waals surface area contributed by atoms with Gasteiger partial charge in [0.2, 0.25) is 5.91 Å². The van der Waals surface area contributed by atoms with Crippen LogP contribution in [-0.4, -0.2) is 15.5 Å². The maximum absolute atomic E-state index is 11.8. The topological polar surface area (TPSA) is 64.0 Å². The van der Waals surface area contributed by atoms with Crippen molar-refractivity contribution in [2.45, 2.75) is 33.4 Å². The summed E-state index contributed by atoms with van der Waals surface area (Å²) in [5.41, 5.74) is 0.786. The Morgan fingerprint density at radius 2 is 2.25 bits per heavy atom. The molecule has 2 heterocycles. The average Bonchev–Trinajstić information content (AvgIpc) is 2.80. The van der Waals surface area contributed by atoms with Crippen molar-refractivity contribution < 1.29 is 4.79 Å². The van der Waals surface area contributed by atoms with Crippen molar-refractivity contribution in [2.75, 3.05) is 0 Å². The fourth-order valence-corrected chi connectivity index (χ4v) is 2.73. The van der Waals surface area contributed by atoms with Gasteiger partial charge in [0.05, 0.1) is 17.2 Å². The number of thiazole rings is 1. The van der Waals surface area contributed by atoms with E-state index in [1.165, 1.54) is 10.6 Å². The van der Waals surface area contributed by atoms with Gasteiger partial charge < -0.3 is 9.88 Å². The third-order valence-electron chi connectivity index (χ3n) is 2.90. The van der Waals surface area contributed by atoms with Crippen LogP contribution in [0.2, 0.25) is 0 Å². The number of carbonyl (C=O) groups excluding carboxylic acids is 1. The summed E-state index contributed by atoms with van der Waals surface area (Å²) in [5, 5.41) is 3.90. The lowest BCUT2D eigenvalue weighted by molar-refractivity contribution is -0.121. The highest BCUT2D eigenvalue weighted by Gasteiger charge is 2.08. The summed E-state index contributed by atoms with van der Waals surface area (Å²) in [6.45, 7) is 4.50.